The Morgan fingerprint density at radius 3 is 2.31 bits per heavy atom. The number of rotatable bonds is 3. The maximum Gasteiger partial charge on any atom is 0.0133 e. The first-order valence-electron chi connectivity index (χ1n) is 5.04. The number of thiophene rings is 1. The maximum atomic E-state index is 2.36. The van der Waals surface area contributed by atoms with Crippen molar-refractivity contribution in [3.63, 3.8) is 0 Å². The Labute approximate surface area is 86.0 Å². The molecule has 0 saturated heterocycles. The van der Waals surface area contributed by atoms with Gasteiger partial charge < -0.3 is 0 Å². The van der Waals surface area contributed by atoms with Gasteiger partial charge in [0.25, 0.3) is 0 Å². The fraction of sp³-hybridized carbons (Fsp3) is 0.667. The molecule has 0 spiro atoms. The number of hydrogen-bond acceptors (Lipinski definition) is 1. The van der Waals surface area contributed by atoms with Crippen LogP contribution < -0.4 is 0 Å². The van der Waals surface area contributed by atoms with Crippen LogP contribution in [0.2, 0.25) is 0 Å². The summed E-state index contributed by atoms with van der Waals surface area (Å²) in [6, 6.07) is 0. The normalized spacial score (nSPS) is 12.1. The molecular formula is C12H20S. The average molecular weight is 196 g/mol. The molecule has 13 heavy (non-hydrogen) atoms. The van der Waals surface area contributed by atoms with E-state index in [0.29, 0.717) is 5.41 Å². The summed E-state index contributed by atoms with van der Waals surface area (Å²) < 4.78 is 0. The lowest BCUT2D eigenvalue weighted by Crippen LogP contribution is -2.16. The molecule has 0 saturated carbocycles. The van der Waals surface area contributed by atoms with E-state index < -0.39 is 0 Å². The second-order valence-corrected chi connectivity index (χ2v) is 5.39. The van der Waals surface area contributed by atoms with E-state index in [0.717, 1.165) is 0 Å². The maximum absolute atomic E-state index is 2.36. The molecule has 1 aromatic rings. The van der Waals surface area contributed by atoms with E-state index in [4.69, 9.17) is 0 Å². The third-order valence-electron chi connectivity index (χ3n) is 2.78. The van der Waals surface area contributed by atoms with E-state index in [2.05, 4.69) is 40.0 Å². The third-order valence-corrected chi connectivity index (χ3v) is 4.34. The van der Waals surface area contributed by atoms with E-state index in [1.807, 2.05) is 11.3 Å². The standard InChI is InChI=1S/C12H20S/c1-6-7-12(4,5)11-10(3)9(2)8-13-11/h8H,6-7H2,1-5H3. The van der Waals surface area contributed by atoms with E-state index in [9.17, 15) is 0 Å². The van der Waals surface area contributed by atoms with Gasteiger partial charge in [-0.1, -0.05) is 27.2 Å². The van der Waals surface area contributed by atoms with Crippen LogP contribution in [0.15, 0.2) is 5.38 Å². The third kappa shape index (κ3) is 2.14. The minimum absolute atomic E-state index is 0.373. The predicted molar refractivity (Wildman–Crippen MR) is 61.7 cm³/mol. The first-order valence-corrected chi connectivity index (χ1v) is 5.92. The summed E-state index contributed by atoms with van der Waals surface area (Å²) >= 11 is 1.92. The van der Waals surface area contributed by atoms with Gasteiger partial charge in [-0.2, -0.15) is 0 Å². The molecule has 0 aliphatic rings. The van der Waals surface area contributed by atoms with Crippen molar-refractivity contribution in [3.05, 3.63) is 21.4 Å². The van der Waals surface area contributed by atoms with Crippen LogP contribution in [0.4, 0.5) is 0 Å². The van der Waals surface area contributed by atoms with Crippen molar-refractivity contribution in [2.45, 2.75) is 52.9 Å². The van der Waals surface area contributed by atoms with E-state index in [-0.39, 0.29) is 0 Å². The van der Waals surface area contributed by atoms with Crippen molar-refractivity contribution >= 4 is 11.3 Å². The molecule has 0 aliphatic carbocycles. The van der Waals surface area contributed by atoms with Crippen LogP contribution in [0.5, 0.6) is 0 Å². The Morgan fingerprint density at radius 2 is 1.92 bits per heavy atom. The SMILES string of the molecule is CCCC(C)(C)c1scc(C)c1C. The Hall–Kier alpha value is -0.300. The molecule has 0 unspecified atom stereocenters. The summed E-state index contributed by atoms with van der Waals surface area (Å²) in [6.45, 7) is 11.4. The van der Waals surface area contributed by atoms with Gasteiger partial charge in [0.1, 0.15) is 0 Å². The van der Waals surface area contributed by atoms with Crippen molar-refractivity contribution in [3.8, 4) is 0 Å². The van der Waals surface area contributed by atoms with Gasteiger partial charge in [-0.15, -0.1) is 11.3 Å². The van der Waals surface area contributed by atoms with Gasteiger partial charge in [-0.25, -0.2) is 0 Å². The lowest BCUT2D eigenvalue weighted by molar-refractivity contribution is 0.480. The van der Waals surface area contributed by atoms with Crippen LogP contribution in [-0.2, 0) is 5.41 Å². The zero-order chi connectivity index (χ0) is 10.1. The van der Waals surface area contributed by atoms with Crippen LogP contribution in [0, 0.1) is 13.8 Å². The van der Waals surface area contributed by atoms with Crippen molar-refractivity contribution in [2.75, 3.05) is 0 Å². The molecule has 0 bridgehead atoms. The Balaban J connectivity index is 2.99. The van der Waals surface area contributed by atoms with Crippen LogP contribution in [0.1, 0.15) is 49.6 Å². The molecule has 0 atom stereocenters. The summed E-state index contributed by atoms with van der Waals surface area (Å²) in [5, 5.41) is 2.28. The van der Waals surface area contributed by atoms with Gasteiger partial charge in [0, 0.05) is 4.88 Å². The molecular weight excluding hydrogens is 176 g/mol. The predicted octanol–water partition coefficient (Wildman–Crippen LogP) is 4.44. The summed E-state index contributed by atoms with van der Waals surface area (Å²) in [7, 11) is 0. The average Bonchev–Trinajstić information content (AvgIpc) is 2.33. The second-order valence-electron chi connectivity index (χ2n) is 4.51. The molecule has 1 heteroatoms. The van der Waals surface area contributed by atoms with Gasteiger partial charge >= 0.3 is 0 Å². The van der Waals surface area contributed by atoms with Gasteiger partial charge in [-0.05, 0) is 42.2 Å². The summed E-state index contributed by atoms with van der Waals surface area (Å²) in [5.74, 6) is 0. The molecule has 0 nitrogen and oxygen atoms in total. The topological polar surface area (TPSA) is 0 Å². The highest BCUT2D eigenvalue weighted by atomic mass is 32.1. The molecule has 0 N–H and O–H groups in total. The minimum atomic E-state index is 0.373. The van der Waals surface area contributed by atoms with Crippen molar-refractivity contribution in [1.82, 2.24) is 0 Å². The van der Waals surface area contributed by atoms with Crippen molar-refractivity contribution < 1.29 is 0 Å². The molecule has 0 amide bonds. The van der Waals surface area contributed by atoms with E-state index in [1.54, 1.807) is 4.88 Å². The monoisotopic (exact) mass is 196 g/mol. The first kappa shape index (κ1) is 10.8. The molecule has 0 aromatic carbocycles. The second kappa shape index (κ2) is 3.83. The van der Waals surface area contributed by atoms with Crippen LogP contribution in [-0.4, -0.2) is 0 Å². The van der Waals surface area contributed by atoms with Gasteiger partial charge in [0.2, 0.25) is 0 Å². The fourth-order valence-corrected chi connectivity index (χ4v) is 3.14. The summed E-state index contributed by atoms with van der Waals surface area (Å²) in [5.41, 5.74) is 3.32. The minimum Gasteiger partial charge on any atom is -0.148 e. The highest BCUT2D eigenvalue weighted by Crippen LogP contribution is 2.36. The summed E-state index contributed by atoms with van der Waals surface area (Å²) in [4.78, 5) is 1.58. The molecule has 74 valence electrons. The molecule has 0 fully saturated rings. The van der Waals surface area contributed by atoms with E-state index in [1.165, 1.54) is 24.0 Å². The number of aryl methyl sites for hydroxylation is 1. The quantitative estimate of drug-likeness (QED) is 0.670. The highest BCUT2D eigenvalue weighted by molar-refractivity contribution is 7.10. The van der Waals surface area contributed by atoms with Crippen LogP contribution >= 0.6 is 11.3 Å². The van der Waals surface area contributed by atoms with Crippen LogP contribution in [0.3, 0.4) is 0 Å². The number of hydrogen-bond donors (Lipinski definition) is 0. The molecule has 0 radical (unpaired) electrons. The largest absolute Gasteiger partial charge is 0.148 e. The van der Waals surface area contributed by atoms with Crippen LogP contribution in [0.25, 0.3) is 0 Å². The van der Waals surface area contributed by atoms with E-state index >= 15 is 0 Å². The van der Waals surface area contributed by atoms with Gasteiger partial charge in [0.15, 0.2) is 0 Å². The van der Waals surface area contributed by atoms with Crippen molar-refractivity contribution in [1.29, 1.82) is 0 Å². The summed E-state index contributed by atoms with van der Waals surface area (Å²) in [6.07, 6.45) is 2.55. The smallest absolute Gasteiger partial charge is 0.0133 e. The lowest BCUT2D eigenvalue weighted by atomic mass is 9.84. The highest BCUT2D eigenvalue weighted by Gasteiger charge is 2.23. The fourth-order valence-electron chi connectivity index (χ4n) is 1.91. The Bertz CT molecular complexity index is 281. The zero-order valence-electron chi connectivity index (χ0n) is 9.40. The van der Waals surface area contributed by atoms with Gasteiger partial charge in [0.05, 0.1) is 0 Å². The molecule has 1 aromatic heterocycles. The lowest BCUT2D eigenvalue weighted by Gasteiger charge is -2.23. The first-order chi connectivity index (χ1) is 5.99. The van der Waals surface area contributed by atoms with Gasteiger partial charge in [-0.3, -0.25) is 0 Å². The molecule has 1 rings (SSSR count). The van der Waals surface area contributed by atoms with Crippen molar-refractivity contribution in [2.24, 2.45) is 0 Å². The Morgan fingerprint density at radius 1 is 1.31 bits per heavy atom. The zero-order valence-corrected chi connectivity index (χ0v) is 10.2. The molecule has 1 heterocycles. The molecule has 0 aliphatic heterocycles. The Kier molecular flexibility index (Phi) is 3.18.